The molecule has 0 fully saturated rings. The molecule has 0 radical (unpaired) electrons. The number of rotatable bonds is 11. The first kappa shape index (κ1) is 23.6. The van der Waals surface area contributed by atoms with Gasteiger partial charge in [0.2, 0.25) is 11.8 Å². The number of carbonyl (C=O) groups excluding carboxylic acids is 3. The molecule has 0 saturated carbocycles. The molecule has 2 N–H and O–H groups in total. The summed E-state index contributed by atoms with van der Waals surface area (Å²) in [6.45, 7) is 6.37. The molecule has 0 aliphatic heterocycles. The number of furan rings is 1. The largest absolute Gasteiger partial charge is 0.459 e. The number of amides is 3. The molecule has 0 aromatic carbocycles. The zero-order valence-corrected chi connectivity index (χ0v) is 18.5. The van der Waals surface area contributed by atoms with Crippen molar-refractivity contribution in [2.24, 2.45) is 5.92 Å². The van der Waals surface area contributed by atoms with E-state index in [-0.39, 0.29) is 43.8 Å². The Kier molecular flexibility index (Phi) is 9.00. The molecular formula is C20H28N4O5S. The Balaban J connectivity index is 1.91. The topological polar surface area (TPSA) is 114 Å². The number of methoxy groups -OCH3 is 1. The molecule has 3 amide bonds. The van der Waals surface area contributed by atoms with Crippen molar-refractivity contribution < 1.29 is 23.5 Å². The maximum Gasteiger partial charge on any atom is 0.290 e. The van der Waals surface area contributed by atoms with Gasteiger partial charge in [0.1, 0.15) is 6.54 Å². The van der Waals surface area contributed by atoms with Crippen LogP contribution in [0.5, 0.6) is 0 Å². The quantitative estimate of drug-likeness (QED) is 0.558. The van der Waals surface area contributed by atoms with Crippen molar-refractivity contribution in [3.05, 3.63) is 35.2 Å². The van der Waals surface area contributed by atoms with Crippen molar-refractivity contribution in [1.29, 1.82) is 0 Å². The van der Waals surface area contributed by atoms with Crippen molar-refractivity contribution in [2.75, 3.05) is 32.1 Å². The van der Waals surface area contributed by atoms with Gasteiger partial charge >= 0.3 is 0 Å². The molecule has 2 aromatic rings. The van der Waals surface area contributed by atoms with Gasteiger partial charge in [-0.1, -0.05) is 13.8 Å². The smallest absolute Gasteiger partial charge is 0.290 e. The number of hydrogen-bond acceptors (Lipinski definition) is 7. The average molecular weight is 437 g/mol. The van der Waals surface area contributed by atoms with E-state index in [2.05, 4.69) is 15.6 Å². The highest BCUT2D eigenvalue weighted by atomic mass is 32.1. The molecule has 9 nitrogen and oxygen atoms in total. The Morgan fingerprint density at radius 1 is 1.27 bits per heavy atom. The van der Waals surface area contributed by atoms with Crippen LogP contribution in [-0.2, 0) is 20.7 Å². The molecule has 0 aliphatic rings. The van der Waals surface area contributed by atoms with E-state index in [1.54, 1.807) is 17.5 Å². The minimum atomic E-state index is -0.400. The van der Waals surface area contributed by atoms with E-state index in [4.69, 9.17) is 9.15 Å². The van der Waals surface area contributed by atoms with Crippen molar-refractivity contribution in [3.8, 4) is 0 Å². The SMILES string of the molecule is COCCN(CC(=O)Nc1nc(CC(=O)NC(C)C(C)C)cs1)C(=O)c1ccco1. The van der Waals surface area contributed by atoms with Crippen LogP contribution in [0.25, 0.3) is 0 Å². The van der Waals surface area contributed by atoms with E-state index in [0.29, 0.717) is 16.7 Å². The first-order chi connectivity index (χ1) is 14.3. The molecular weight excluding hydrogens is 408 g/mol. The van der Waals surface area contributed by atoms with Crippen LogP contribution in [0, 0.1) is 5.92 Å². The number of anilines is 1. The first-order valence-corrected chi connectivity index (χ1v) is 10.5. The van der Waals surface area contributed by atoms with Gasteiger partial charge in [-0.2, -0.15) is 0 Å². The second-order valence-corrected chi connectivity index (χ2v) is 8.02. The maximum absolute atomic E-state index is 12.5. The van der Waals surface area contributed by atoms with E-state index >= 15 is 0 Å². The highest BCUT2D eigenvalue weighted by molar-refractivity contribution is 7.13. The summed E-state index contributed by atoms with van der Waals surface area (Å²) in [6, 6.07) is 3.22. The summed E-state index contributed by atoms with van der Waals surface area (Å²) in [5.41, 5.74) is 0.576. The van der Waals surface area contributed by atoms with Gasteiger partial charge in [-0.15, -0.1) is 11.3 Å². The predicted molar refractivity (Wildman–Crippen MR) is 113 cm³/mol. The Hall–Kier alpha value is -2.72. The Bertz CT molecular complexity index is 834. The molecule has 0 bridgehead atoms. The number of ether oxygens (including phenoxy) is 1. The minimum absolute atomic E-state index is 0.0695. The lowest BCUT2D eigenvalue weighted by molar-refractivity contribution is -0.121. The van der Waals surface area contributed by atoms with Crippen LogP contribution in [-0.4, -0.2) is 60.5 Å². The third kappa shape index (κ3) is 7.27. The van der Waals surface area contributed by atoms with E-state index in [0.717, 1.165) is 0 Å². The maximum atomic E-state index is 12.5. The second kappa shape index (κ2) is 11.5. The number of nitrogens with zero attached hydrogens (tertiary/aromatic N) is 2. The number of hydrogen-bond donors (Lipinski definition) is 2. The zero-order chi connectivity index (χ0) is 22.1. The van der Waals surface area contributed by atoms with Crippen LogP contribution < -0.4 is 10.6 Å². The van der Waals surface area contributed by atoms with Gasteiger partial charge in [-0.3, -0.25) is 14.4 Å². The summed E-state index contributed by atoms with van der Waals surface area (Å²) in [7, 11) is 1.52. The molecule has 30 heavy (non-hydrogen) atoms. The van der Waals surface area contributed by atoms with Crippen molar-refractivity contribution in [3.63, 3.8) is 0 Å². The number of nitrogens with one attached hydrogen (secondary N) is 2. The van der Waals surface area contributed by atoms with Crippen molar-refractivity contribution in [2.45, 2.75) is 33.2 Å². The average Bonchev–Trinajstić information content (AvgIpc) is 3.36. The highest BCUT2D eigenvalue weighted by Crippen LogP contribution is 2.16. The second-order valence-electron chi connectivity index (χ2n) is 7.17. The highest BCUT2D eigenvalue weighted by Gasteiger charge is 2.21. The molecule has 2 heterocycles. The predicted octanol–water partition coefficient (Wildman–Crippen LogP) is 2.17. The van der Waals surface area contributed by atoms with Gasteiger partial charge in [-0.05, 0) is 25.0 Å². The Labute approximate surface area is 179 Å². The summed E-state index contributed by atoms with van der Waals surface area (Å²) >= 11 is 1.23. The lowest BCUT2D eigenvalue weighted by Crippen LogP contribution is -2.39. The first-order valence-electron chi connectivity index (χ1n) is 9.65. The van der Waals surface area contributed by atoms with Crippen LogP contribution >= 0.6 is 11.3 Å². The third-order valence-electron chi connectivity index (χ3n) is 4.45. The Morgan fingerprint density at radius 2 is 2.03 bits per heavy atom. The number of aromatic nitrogens is 1. The third-order valence-corrected chi connectivity index (χ3v) is 5.25. The van der Waals surface area contributed by atoms with Crippen LogP contribution in [0.1, 0.15) is 37.0 Å². The van der Waals surface area contributed by atoms with Gasteiger partial charge in [0, 0.05) is 25.1 Å². The number of thiazole rings is 1. The van der Waals surface area contributed by atoms with Crippen molar-refractivity contribution >= 4 is 34.2 Å². The number of carbonyl (C=O) groups is 3. The molecule has 2 rings (SSSR count). The van der Waals surface area contributed by atoms with Gasteiger partial charge < -0.3 is 24.7 Å². The molecule has 10 heteroatoms. The van der Waals surface area contributed by atoms with Gasteiger partial charge in [-0.25, -0.2) is 4.98 Å². The van der Waals surface area contributed by atoms with E-state index in [9.17, 15) is 14.4 Å². The fourth-order valence-electron chi connectivity index (χ4n) is 2.42. The molecule has 1 atom stereocenters. The monoisotopic (exact) mass is 436 g/mol. The molecule has 0 spiro atoms. The minimum Gasteiger partial charge on any atom is -0.459 e. The fourth-order valence-corrected chi connectivity index (χ4v) is 3.15. The fraction of sp³-hybridized carbons (Fsp3) is 0.500. The normalized spacial score (nSPS) is 11.9. The van der Waals surface area contributed by atoms with Crippen molar-refractivity contribution in [1.82, 2.24) is 15.2 Å². The summed E-state index contributed by atoms with van der Waals surface area (Å²) in [5, 5.41) is 7.70. The lowest BCUT2D eigenvalue weighted by Gasteiger charge is -2.20. The van der Waals surface area contributed by atoms with E-state index < -0.39 is 11.8 Å². The zero-order valence-electron chi connectivity index (χ0n) is 17.6. The lowest BCUT2D eigenvalue weighted by atomic mass is 10.1. The van der Waals surface area contributed by atoms with Gasteiger partial charge in [0.25, 0.3) is 5.91 Å². The standard InChI is InChI=1S/C20H28N4O5S/c1-13(2)14(3)21-17(25)10-15-12-30-20(22-15)23-18(26)11-24(7-9-28-4)19(27)16-6-5-8-29-16/h5-6,8,12-14H,7,9-11H2,1-4H3,(H,21,25)(H,22,23,26). The molecule has 0 saturated heterocycles. The Morgan fingerprint density at radius 3 is 2.67 bits per heavy atom. The summed E-state index contributed by atoms with van der Waals surface area (Å²) in [4.78, 5) is 42.6. The van der Waals surface area contributed by atoms with Crippen LogP contribution in [0.2, 0.25) is 0 Å². The van der Waals surface area contributed by atoms with E-state index in [1.165, 1.54) is 29.6 Å². The van der Waals surface area contributed by atoms with Crippen LogP contribution in [0.4, 0.5) is 5.13 Å². The summed E-state index contributed by atoms with van der Waals surface area (Å²) in [6.07, 6.45) is 1.54. The summed E-state index contributed by atoms with van der Waals surface area (Å²) in [5.74, 6) is -0.428. The van der Waals surface area contributed by atoms with Crippen LogP contribution in [0.15, 0.2) is 28.2 Å². The van der Waals surface area contributed by atoms with Crippen LogP contribution in [0.3, 0.4) is 0 Å². The van der Waals surface area contributed by atoms with E-state index in [1.807, 2.05) is 20.8 Å². The molecule has 164 valence electrons. The molecule has 2 aromatic heterocycles. The molecule has 0 aliphatic carbocycles. The molecule has 1 unspecified atom stereocenters. The summed E-state index contributed by atoms with van der Waals surface area (Å²) < 4.78 is 10.1. The van der Waals surface area contributed by atoms with Gasteiger partial charge in [0.15, 0.2) is 10.9 Å². The van der Waals surface area contributed by atoms with Gasteiger partial charge in [0.05, 0.1) is 25.0 Å².